The van der Waals surface area contributed by atoms with Crippen molar-refractivity contribution < 1.29 is 33.0 Å². The smallest absolute Gasteiger partial charge is 0.341 e. The highest BCUT2D eigenvalue weighted by molar-refractivity contribution is 9.10. The summed E-state index contributed by atoms with van der Waals surface area (Å²) in [5.74, 6) is -9.42. The van der Waals surface area contributed by atoms with Crippen LogP contribution < -0.4 is 0 Å². The largest absolute Gasteiger partial charge is 0.477 e. The van der Waals surface area contributed by atoms with Crippen molar-refractivity contribution in [1.29, 1.82) is 0 Å². The molecule has 0 aliphatic rings. The number of halogens is 4. The minimum atomic E-state index is -2.03. The van der Waals surface area contributed by atoms with E-state index in [-0.39, 0.29) is 0 Å². The zero-order valence-corrected chi connectivity index (χ0v) is 8.81. The van der Waals surface area contributed by atoms with E-state index < -0.39 is 45.0 Å². The van der Waals surface area contributed by atoms with Gasteiger partial charge in [0.25, 0.3) is 0 Å². The van der Waals surface area contributed by atoms with Crippen molar-refractivity contribution in [2.24, 2.45) is 0 Å². The predicted octanol–water partition coefficient (Wildman–Crippen LogP) is 2.26. The lowest BCUT2D eigenvalue weighted by Gasteiger charge is -2.07. The fraction of sp³-hybridized carbons (Fsp3) is 0. The Morgan fingerprint density at radius 2 is 1.19 bits per heavy atom. The monoisotopic (exact) mass is 298 g/mol. The second-order valence-corrected chi connectivity index (χ2v) is 3.41. The van der Waals surface area contributed by atoms with Gasteiger partial charge in [0.15, 0.2) is 17.5 Å². The van der Waals surface area contributed by atoms with Gasteiger partial charge in [-0.3, -0.25) is 0 Å². The molecule has 1 aromatic carbocycles. The van der Waals surface area contributed by atoms with Gasteiger partial charge in [-0.1, -0.05) is 0 Å². The van der Waals surface area contributed by atoms with Crippen molar-refractivity contribution in [3.8, 4) is 0 Å². The Bertz CT molecular complexity index is 460. The van der Waals surface area contributed by atoms with Crippen LogP contribution in [0.4, 0.5) is 13.2 Å². The molecule has 0 saturated carbocycles. The molecule has 86 valence electrons. The van der Waals surface area contributed by atoms with E-state index in [1.165, 1.54) is 0 Å². The molecule has 0 bridgehead atoms. The molecule has 0 atom stereocenters. The number of carbonyl (C=O) groups is 2. The van der Waals surface area contributed by atoms with E-state index in [1.54, 1.807) is 0 Å². The number of hydrogen-bond donors (Lipinski definition) is 2. The summed E-state index contributed by atoms with van der Waals surface area (Å²) in [4.78, 5) is 20.9. The first kappa shape index (κ1) is 12.5. The SMILES string of the molecule is O=C(O)c1c(F)c(Br)c(F)c(C(=O)O)c1F. The van der Waals surface area contributed by atoms with Crippen LogP contribution in [-0.4, -0.2) is 22.2 Å². The molecule has 16 heavy (non-hydrogen) atoms. The summed E-state index contributed by atoms with van der Waals surface area (Å²) in [5, 5.41) is 16.9. The molecule has 0 unspecified atom stereocenters. The maximum atomic E-state index is 13.2. The molecule has 0 saturated heterocycles. The molecular weight excluding hydrogens is 297 g/mol. The number of aromatic carboxylic acids is 2. The van der Waals surface area contributed by atoms with Gasteiger partial charge < -0.3 is 10.2 Å². The summed E-state index contributed by atoms with van der Waals surface area (Å²) in [6.07, 6.45) is 0. The van der Waals surface area contributed by atoms with Crippen molar-refractivity contribution in [3.63, 3.8) is 0 Å². The van der Waals surface area contributed by atoms with E-state index in [4.69, 9.17) is 10.2 Å². The van der Waals surface area contributed by atoms with Crippen molar-refractivity contribution in [1.82, 2.24) is 0 Å². The molecule has 0 spiro atoms. The lowest BCUT2D eigenvalue weighted by Crippen LogP contribution is -2.14. The Morgan fingerprint density at radius 1 is 0.875 bits per heavy atom. The van der Waals surface area contributed by atoms with Crippen molar-refractivity contribution in [2.75, 3.05) is 0 Å². The molecule has 1 rings (SSSR count). The number of benzene rings is 1. The fourth-order valence-electron chi connectivity index (χ4n) is 1.01. The van der Waals surface area contributed by atoms with Crippen LogP contribution in [0.3, 0.4) is 0 Å². The van der Waals surface area contributed by atoms with Crippen LogP contribution in [0.5, 0.6) is 0 Å². The fourth-order valence-corrected chi connectivity index (χ4v) is 1.41. The van der Waals surface area contributed by atoms with Crippen LogP contribution in [0.2, 0.25) is 0 Å². The number of hydrogen-bond acceptors (Lipinski definition) is 2. The van der Waals surface area contributed by atoms with Crippen molar-refractivity contribution in [2.45, 2.75) is 0 Å². The van der Waals surface area contributed by atoms with Gasteiger partial charge in [-0.2, -0.15) is 0 Å². The van der Waals surface area contributed by atoms with E-state index >= 15 is 0 Å². The van der Waals surface area contributed by atoms with E-state index in [0.29, 0.717) is 0 Å². The van der Waals surface area contributed by atoms with E-state index in [2.05, 4.69) is 15.9 Å². The Labute approximate surface area is 94.4 Å². The molecule has 4 nitrogen and oxygen atoms in total. The third kappa shape index (κ3) is 1.75. The van der Waals surface area contributed by atoms with Crippen molar-refractivity contribution >= 4 is 27.9 Å². The van der Waals surface area contributed by atoms with Gasteiger partial charge >= 0.3 is 11.9 Å². The van der Waals surface area contributed by atoms with E-state index in [9.17, 15) is 22.8 Å². The summed E-state index contributed by atoms with van der Waals surface area (Å²) in [6.45, 7) is 0. The van der Waals surface area contributed by atoms with Gasteiger partial charge in [0.2, 0.25) is 0 Å². The number of carboxylic acid groups (broad SMARTS) is 2. The van der Waals surface area contributed by atoms with E-state index in [1.807, 2.05) is 0 Å². The van der Waals surface area contributed by atoms with E-state index in [0.717, 1.165) is 0 Å². The average Bonchev–Trinajstić information content (AvgIpc) is 2.13. The van der Waals surface area contributed by atoms with Crippen LogP contribution in [-0.2, 0) is 0 Å². The zero-order chi connectivity index (χ0) is 12.6. The molecular formula is C8H2BrF3O4. The van der Waals surface area contributed by atoms with Crippen LogP contribution in [0.25, 0.3) is 0 Å². The quantitative estimate of drug-likeness (QED) is 0.649. The highest BCUT2D eigenvalue weighted by Gasteiger charge is 2.30. The summed E-state index contributed by atoms with van der Waals surface area (Å²) in [6, 6.07) is 0. The average molecular weight is 299 g/mol. The number of carboxylic acids is 2. The molecule has 8 heteroatoms. The first-order valence-corrected chi connectivity index (χ1v) is 4.40. The topological polar surface area (TPSA) is 74.6 Å². The van der Waals surface area contributed by atoms with Crippen LogP contribution >= 0.6 is 15.9 Å². The standard InChI is InChI=1S/C8H2BrF3O4/c9-3-5(11)1(7(13)14)4(10)2(6(3)12)8(15)16/h(H,13,14)(H,15,16). The van der Waals surface area contributed by atoms with Crippen LogP contribution in [0.1, 0.15) is 20.7 Å². The van der Waals surface area contributed by atoms with Gasteiger partial charge in [-0.05, 0) is 15.9 Å². The third-order valence-electron chi connectivity index (χ3n) is 1.69. The van der Waals surface area contributed by atoms with Gasteiger partial charge in [0, 0.05) is 0 Å². The van der Waals surface area contributed by atoms with Gasteiger partial charge in [0.1, 0.15) is 11.1 Å². The molecule has 0 aliphatic heterocycles. The number of rotatable bonds is 2. The van der Waals surface area contributed by atoms with Crippen LogP contribution in [0, 0.1) is 17.5 Å². The first-order valence-electron chi connectivity index (χ1n) is 3.61. The summed E-state index contributed by atoms with van der Waals surface area (Å²) in [5.41, 5.74) is -3.05. The van der Waals surface area contributed by atoms with Gasteiger partial charge in [-0.15, -0.1) is 0 Å². The molecule has 0 radical (unpaired) electrons. The first-order chi connectivity index (χ1) is 7.29. The molecule has 0 amide bonds. The van der Waals surface area contributed by atoms with Crippen molar-refractivity contribution in [3.05, 3.63) is 33.1 Å². The maximum Gasteiger partial charge on any atom is 0.341 e. The van der Waals surface area contributed by atoms with Crippen LogP contribution in [0.15, 0.2) is 4.47 Å². The Morgan fingerprint density at radius 3 is 1.44 bits per heavy atom. The molecule has 1 aromatic rings. The lowest BCUT2D eigenvalue weighted by atomic mass is 10.1. The maximum absolute atomic E-state index is 13.2. The second kappa shape index (κ2) is 4.12. The Hall–Kier alpha value is -1.57. The highest BCUT2D eigenvalue weighted by Crippen LogP contribution is 2.29. The molecule has 0 aromatic heterocycles. The lowest BCUT2D eigenvalue weighted by molar-refractivity contribution is 0.0680. The van der Waals surface area contributed by atoms with Gasteiger partial charge in [-0.25, -0.2) is 22.8 Å². The third-order valence-corrected chi connectivity index (χ3v) is 2.39. The highest BCUT2D eigenvalue weighted by atomic mass is 79.9. The second-order valence-electron chi connectivity index (χ2n) is 2.62. The molecule has 0 fully saturated rings. The molecule has 0 aliphatic carbocycles. The minimum Gasteiger partial charge on any atom is -0.477 e. The Kier molecular flexibility index (Phi) is 3.22. The molecule has 2 N–H and O–H groups in total. The summed E-state index contributed by atoms with van der Waals surface area (Å²) < 4.78 is 38.4. The summed E-state index contributed by atoms with van der Waals surface area (Å²) in [7, 11) is 0. The molecule has 0 heterocycles. The normalized spacial score (nSPS) is 10.2. The predicted molar refractivity (Wildman–Crippen MR) is 47.9 cm³/mol. The van der Waals surface area contributed by atoms with Gasteiger partial charge in [0.05, 0.1) is 4.47 Å². The summed E-state index contributed by atoms with van der Waals surface area (Å²) >= 11 is 2.31. The minimum absolute atomic E-state index is 1.04. The Balaban J connectivity index is 3.80. The zero-order valence-electron chi connectivity index (χ0n) is 7.22.